The standard InChI is InChI=1S/C12H15NO4/c1-13(15-2)12(14)8-9-3-4-10-11(7-9)17-6-5-16-10/h3-4,7H,5-6,8H2,1-2H3. The van der Waals surface area contributed by atoms with E-state index in [1.54, 1.807) is 7.05 Å². The fourth-order valence-electron chi connectivity index (χ4n) is 1.59. The lowest BCUT2D eigenvalue weighted by atomic mass is 10.1. The van der Waals surface area contributed by atoms with E-state index in [1.165, 1.54) is 12.2 Å². The molecule has 1 amide bonds. The Morgan fingerprint density at radius 2 is 2.06 bits per heavy atom. The number of hydroxylamine groups is 2. The smallest absolute Gasteiger partial charge is 0.250 e. The number of likely N-dealkylation sites (N-methyl/N-ethyl adjacent to an activating group) is 1. The highest BCUT2D eigenvalue weighted by Gasteiger charge is 2.14. The Labute approximate surface area is 99.8 Å². The summed E-state index contributed by atoms with van der Waals surface area (Å²) in [6, 6.07) is 5.51. The highest BCUT2D eigenvalue weighted by molar-refractivity contribution is 5.77. The molecule has 0 fully saturated rings. The summed E-state index contributed by atoms with van der Waals surface area (Å²) in [6.07, 6.45) is 0.279. The maximum Gasteiger partial charge on any atom is 0.250 e. The van der Waals surface area contributed by atoms with Crippen LogP contribution in [0.5, 0.6) is 11.5 Å². The van der Waals surface area contributed by atoms with Gasteiger partial charge in [0.2, 0.25) is 5.91 Å². The number of ether oxygens (including phenoxy) is 2. The third-order valence-electron chi connectivity index (χ3n) is 2.59. The number of carbonyl (C=O) groups excluding carboxylic acids is 1. The SMILES string of the molecule is CON(C)C(=O)Cc1ccc2c(c1)OCCO2. The maximum absolute atomic E-state index is 11.6. The second-order valence-electron chi connectivity index (χ2n) is 3.73. The van der Waals surface area contributed by atoms with Gasteiger partial charge < -0.3 is 9.47 Å². The van der Waals surface area contributed by atoms with Crippen molar-refractivity contribution in [1.29, 1.82) is 0 Å². The first kappa shape index (κ1) is 11.7. The molecule has 1 aromatic carbocycles. The summed E-state index contributed by atoms with van der Waals surface area (Å²) in [6.45, 7) is 1.11. The molecule has 1 aromatic rings. The van der Waals surface area contributed by atoms with Crippen LogP contribution < -0.4 is 9.47 Å². The number of amides is 1. The van der Waals surface area contributed by atoms with E-state index in [0.29, 0.717) is 19.0 Å². The summed E-state index contributed by atoms with van der Waals surface area (Å²) >= 11 is 0. The molecule has 92 valence electrons. The third kappa shape index (κ3) is 2.68. The summed E-state index contributed by atoms with van der Waals surface area (Å²) in [5, 5.41) is 1.21. The van der Waals surface area contributed by atoms with Crippen molar-refractivity contribution in [2.75, 3.05) is 27.4 Å². The van der Waals surface area contributed by atoms with Gasteiger partial charge in [-0.05, 0) is 17.7 Å². The first-order chi connectivity index (χ1) is 8.20. The van der Waals surface area contributed by atoms with Crippen molar-refractivity contribution >= 4 is 5.91 Å². The minimum Gasteiger partial charge on any atom is -0.486 e. The van der Waals surface area contributed by atoms with Gasteiger partial charge in [-0.3, -0.25) is 9.63 Å². The molecule has 0 unspecified atom stereocenters. The lowest BCUT2D eigenvalue weighted by molar-refractivity contribution is -0.167. The topological polar surface area (TPSA) is 48.0 Å². The largest absolute Gasteiger partial charge is 0.486 e. The maximum atomic E-state index is 11.6. The summed E-state index contributed by atoms with van der Waals surface area (Å²) in [5.41, 5.74) is 0.878. The first-order valence-electron chi connectivity index (χ1n) is 5.40. The second-order valence-corrected chi connectivity index (χ2v) is 3.73. The number of hydrogen-bond donors (Lipinski definition) is 0. The number of fused-ring (bicyclic) bond motifs is 1. The molecule has 0 atom stereocenters. The molecule has 0 N–H and O–H groups in total. The number of rotatable bonds is 3. The van der Waals surface area contributed by atoms with Crippen molar-refractivity contribution in [2.45, 2.75) is 6.42 Å². The van der Waals surface area contributed by atoms with E-state index in [9.17, 15) is 4.79 Å². The number of benzene rings is 1. The van der Waals surface area contributed by atoms with E-state index < -0.39 is 0 Å². The zero-order valence-corrected chi connectivity index (χ0v) is 9.93. The van der Waals surface area contributed by atoms with Crippen molar-refractivity contribution in [1.82, 2.24) is 5.06 Å². The van der Waals surface area contributed by atoms with E-state index in [2.05, 4.69) is 0 Å². The molecule has 0 aliphatic carbocycles. The Kier molecular flexibility index (Phi) is 3.49. The average Bonchev–Trinajstić information content (AvgIpc) is 2.37. The second kappa shape index (κ2) is 5.05. The average molecular weight is 237 g/mol. The van der Waals surface area contributed by atoms with Gasteiger partial charge in [-0.1, -0.05) is 6.07 Å². The van der Waals surface area contributed by atoms with Crippen molar-refractivity contribution in [2.24, 2.45) is 0 Å². The van der Waals surface area contributed by atoms with E-state index in [4.69, 9.17) is 14.3 Å². The zero-order valence-electron chi connectivity index (χ0n) is 9.93. The van der Waals surface area contributed by atoms with Crippen molar-refractivity contribution in [3.8, 4) is 11.5 Å². The van der Waals surface area contributed by atoms with E-state index in [0.717, 1.165) is 11.3 Å². The Hall–Kier alpha value is -1.75. The van der Waals surface area contributed by atoms with Crippen LogP contribution in [0.4, 0.5) is 0 Å². The Morgan fingerprint density at radius 1 is 1.35 bits per heavy atom. The zero-order chi connectivity index (χ0) is 12.3. The van der Waals surface area contributed by atoms with Gasteiger partial charge in [0.05, 0.1) is 13.5 Å². The first-order valence-corrected chi connectivity index (χ1v) is 5.40. The predicted molar refractivity (Wildman–Crippen MR) is 60.9 cm³/mol. The Morgan fingerprint density at radius 3 is 2.76 bits per heavy atom. The third-order valence-corrected chi connectivity index (χ3v) is 2.59. The van der Waals surface area contributed by atoms with Gasteiger partial charge in [-0.15, -0.1) is 0 Å². The van der Waals surface area contributed by atoms with E-state index in [1.807, 2.05) is 18.2 Å². The van der Waals surface area contributed by atoms with Gasteiger partial charge >= 0.3 is 0 Å². The fourth-order valence-corrected chi connectivity index (χ4v) is 1.59. The predicted octanol–water partition coefficient (Wildman–Crippen LogP) is 1.02. The molecule has 5 heteroatoms. The van der Waals surface area contributed by atoms with Gasteiger partial charge in [-0.2, -0.15) is 0 Å². The van der Waals surface area contributed by atoms with Crippen molar-refractivity contribution < 1.29 is 19.1 Å². The molecular formula is C12H15NO4. The minimum atomic E-state index is -0.107. The molecule has 0 saturated carbocycles. The van der Waals surface area contributed by atoms with Crippen LogP contribution in [0.1, 0.15) is 5.56 Å². The van der Waals surface area contributed by atoms with Crippen LogP contribution in [0, 0.1) is 0 Å². The number of nitrogens with zero attached hydrogens (tertiary/aromatic N) is 1. The Balaban J connectivity index is 2.09. The normalized spacial score (nSPS) is 13.3. The highest BCUT2D eigenvalue weighted by Crippen LogP contribution is 2.30. The highest BCUT2D eigenvalue weighted by atomic mass is 16.7. The van der Waals surface area contributed by atoms with Gasteiger partial charge in [0.15, 0.2) is 11.5 Å². The molecule has 0 bridgehead atoms. The van der Waals surface area contributed by atoms with Gasteiger partial charge in [-0.25, -0.2) is 5.06 Å². The number of hydrogen-bond acceptors (Lipinski definition) is 4. The Bertz CT molecular complexity index is 419. The van der Waals surface area contributed by atoms with Gasteiger partial charge in [0.25, 0.3) is 0 Å². The molecule has 1 aliphatic rings. The van der Waals surface area contributed by atoms with Gasteiger partial charge in [0.1, 0.15) is 13.2 Å². The molecule has 0 saturated heterocycles. The van der Waals surface area contributed by atoms with Crippen LogP contribution in [0.3, 0.4) is 0 Å². The summed E-state index contributed by atoms with van der Waals surface area (Å²) in [5.74, 6) is 1.32. The molecule has 0 radical (unpaired) electrons. The van der Waals surface area contributed by atoms with E-state index >= 15 is 0 Å². The van der Waals surface area contributed by atoms with Crippen LogP contribution in [-0.4, -0.2) is 38.3 Å². The van der Waals surface area contributed by atoms with Crippen molar-refractivity contribution in [3.63, 3.8) is 0 Å². The van der Waals surface area contributed by atoms with Crippen LogP contribution in [0.2, 0.25) is 0 Å². The summed E-state index contributed by atoms with van der Waals surface area (Å²) < 4.78 is 10.9. The van der Waals surface area contributed by atoms with Crippen molar-refractivity contribution in [3.05, 3.63) is 23.8 Å². The lowest BCUT2D eigenvalue weighted by Gasteiger charge is -2.19. The minimum absolute atomic E-state index is 0.107. The number of carbonyl (C=O) groups is 1. The monoisotopic (exact) mass is 237 g/mol. The summed E-state index contributed by atoms with van der Waals surface area (Å²) in [7, 11) is 3.04. The molecular weight excluding hydrogens is 222 g/mol. The summed E-state index contributed by atoms with van der Waals surface area (Å²) in [4.78, 5) is 16.5. The van der Waals surface area contributed by atoms with Crippen LogP contribution in [-0.2, 0) is 16.1 Å². The molecule has 2 rings (SSSR count). The molecule has 1 aliphatic heterocycles. The molecule has 0 aromatic heterocycles. The van der Waals surface area contributed by atoms with Crippen LogP contribution >= 0.6 is 0 Å². The molecule has 1 heterocycles. The molecule has 0 spiro atoms. The molecule has 5 nitrogen and oxygen atoms in total. The van der Waals surface area contributed by atoms with Crippen LogP contribution in [0.15, 0.2) is 18.2 Å². The molecule has 17 heavy (non-hydrogen) atoms. The fraction of sp³-hybridized carbons (Fsp3) is 0.417. The van der Waals surface area contributed by atoms with Gasteiger partial charge in [0, 0.05) is 7.05 Å². The lowest BCUT2D eigenvalue weighted by Crippen LogP contribution is -2.27. The van der Waals surface area contributed by atoms with Crippen LogP contribution in [0.25, 0.3) is 0 Å². The van der Waals surface area contributed by atoms with E-state index in [-0.39, 0.29) is 12.3 Å². The quantitative estimate of drug-likeness (QED) is 0.736.